The van der Waals surface area contributed by atoms with E-state index in [9.17, 15) is 9.59 Å². The van der Waals surface area contributed by atoms with Crippen LogP contribution >= 0.6 is 0 Å². The van der Waals surface area contributed by atoms with Crippen molar-refractivity contribution < 1.29 is 14.3 Å². The van der Waals surface area contributed by atoms with Crippen LogP contribution in [-0.2, 0) is 4.74 Å². The highest BCUT2D eigenvalue weighted by molar-refractivity contribution is 5.99. The molecular formula is C14H21N3O3. The molecule has 0 radical (unpaired) electrons. The molecule has 0 fully saturated rings. The van der Waals surface area contributed by atoms with Gasteiger partial charge in [-0.1, -0.05) is 12.1 Å². The van der Waals surface area contributed by atoms with Gasteiger partial charge in [-0.3, -0.25) is 4.79 Å². The molecule has 0 saturated carbocycles. The summed E-state index contributed by atoms with van der Waals surface area (Å²) in [5, 5.41) is 5.22. The molecule has 2 amide bonds. The first-order valence-corrected chi connectivity index (χ1v) is 6.39. The second-order valence-corrected chi connectivity index (χ2v) is 5.27. The molecule has 20 heavy (non-hydrogen) atoms. The first kappa shape index (κ1) is 15.8. The topological polar surface area (TPSA) is 93.5 Å². The minimum absolute atomic E-state index is 0.269. The summed E-state index contributed by atoms with van der Waals surface area (Å²) in [7, 11) is 0. The van der Waals surface area contributed by atoms with Gasteiger partial charge in [0.15, 0.2) is 0 Å². The number of anilines is 1. The molecule has 110 valence electrons. The molecule has 0 atom stereocenters. The summed E-state index contributed by atoms with van der Waals surface area (Å²) in [4.78, 5) is 23.2. The second kappa shape index (κ2) is 6.79. The summed E-state index contributed by atoms with van der Waals surface area (Å²) in [6.07, 6.45) is -0.508. The van der Waals surface area contributed by atoms with E-state index in [2.05, 4.69) is 10.6 Å². The maximum atomic E-state index is 11.8. The Balaban J connectivity index is 2.30. The highest BCUT2D eigenvalue weighted by atomic mass is 16.6. The Hall–Kier alpha value is -2.24. The number of benzene rings is 1. The lowest BCUT2D eigenvalue weighted by Gasteiger charge is -2.19. The lowest BCUT2D eigenvalue weighted by molar-refractivity contribution is 0.0526. The summed E-state index contributed by atoms with van der Waals surface area (Å²) in [5.74, 6) is -0.269. The average molecular weight is 279 g/mol. The number of amides is 2. The first-order valence-electron chi connectivity index (χ1n) is 6.39. The van der Waals surface area contributed by atoms with Gasteiger partial charge in [-0.2, -0.15) is 0 Å². The lowest BCUT2D eigenvalue weighted by Crippen LogP contribution is -2.38. The molecule has 0 spiro atoms. The van der Waals surface area contributed by atoms with Crippen molar-refractivity contribution in [2.24, 2.45) is 0 Å². The fourth-order valence-electron chi connectivity index (χ4n) is 1.45. The summed E-state index contributed by atoms with van der Waals surface area (Å²) >= 11 is 0. The van der Waals surface area contributed by atoms with Gasteiger partial charge in [0, 0.05) is 18.8 Å². The molecule has 0 aromatic heterocycles. The number of hydrogen-bond acceptors (Lipinski definition) is 4. The number of alkyl carbamates (subject to hydrolysis) is 1. The number of nitrogens with one attached hydrogen (secondary N) is 2. The number of para-hydroxylation sites is 1. The standard InChI is InChI=1S/C14H21N3O3/c1-14(2,3)20-13(19)17-9-8-16-12(18)10-6-4-5-7-11(10)15/h4-7H,8-9,15H2,1-3H3,(H,16,18)(H,17,19). The summed E-state index contributed by atoms with van der Waals surface area (Å²) < 4.78 is 5.07. The molecule has 6 heteroatoms. The largest absolute Gasteiger partial charge is 0.444 e. The number of rotatable bonds is 4. The predicted molar refractivity (Wildman–Crippen MR) is 77.4 cm³/mol. The van der Waals surface area contributed by atoms with E-state index in [0.717, 1.165) is 0 Å². The zero-order valence-electron chi connectivity index (χ0n) is 12.0. The Kier molecular flexibility index (Phi) is 5.37. The Morgan fingerprint density at radius 3 is 2.35 bits per heavy atom. The number of nitrogen functional groups attached to an aromatic ring is 1. The van der Waals surface area contributed by atoms with Crippen molar-refractivity contribution in [3.05, 3.63) is 29.8 Å². The number of ether oxygens (including phenoxy) is 1. The van der Waals surface area contributed by atoms with E-state index in [-0.39, 0.29) is 12.5 Å². The Labute approximate surface area is 118 Å². The number of hydrogen-bond donors (Lipinski definition) is 3. The average Bonchev–Trinajstić information content (AvgIpc) is 2.33. The molecule has 6 nitrogen and oxygen atoms in total. The first-order chi connectivity index (χ1) is 9.29. The van der Waals surface area contributed by atoms with Crippen LogP contribution in [0.4, 0.5) is 10.5 Å². The molecule has 1 aromatic carbocycles. The summed E-state index contributed by atoms with van der Waals surface area (Å²) in [5.41, 5.74) is 6.00. The minimum Gasteiger partial charge on any atom is -0.444 e. The van der Waals surface area contributed by atoms with E-state index in [0.29, 0.717) is 17.8 Å². The lowest BCUT2D eigenvalue weighted by atomic mass is 10.2. The number of nitrogens with two attached hydrogens (primary N) is 1. The van der Waals surface area contributed by atoms with Gasteiger partial charge >= 0.3 is 6.09 Å². The fraction of sp³-hybridized carbons (Fsp3) is 0.429. The van der Waals surface area contributed by atoms with Gasteiger partial charge in [0.25, 0.3) is 5.91 Å². The van der Waals surface area contributed by atoms with Gasteiger partial charge < -0.3 is 21.1 Å². The van der Waals surface area contributed by atoms with Crippen molar-refractivity contribution in [3.8, 4) is 0 Å². The zero-order chi connectivity index (χ0) is 15.2. The van der Waals surface area contributed by atoms with E-state index in [1.807, 2.05) is 0 Å². The molecule has 4 N–H and O–H groups in total. The molecule has 0 unspecified atom stereocenters. The Morgan fingerprint density at radius 1 is 1.15 bits per heavy atom. The highest BCUT2D eigenvalue weighted by Crippen LogP contribution is 2.09. The number of carbonyl (C=O) groups is 2. The van der Waals surface area contributed by atoms with Gasteiger partial charge in [0.05, 0.1) is 5.56 Å². The third kappa shape index (κ3) is 5.60. The van der Waals surface area contributed by atoms with Crippen LogP contribution in [0.5, 0.6) is 0 Å². The van der Waals surface area contributed by atoms with Crippen molar-refractivity contribution >= 4 is 17.7 Å². The van der Waals surface area contributed by atoms with Crippen LogP contribution in [0.3, 0.4) is 0 Å². The minimum atomic E-state index is -0.536. The molecule has 0 aliphatic heterocycles. The summed E-state index contributed by atoms with van der Waals surface area (Å²) in [6, 6.07) is 6.81. The van der Waals surface area contributed by atoms with E-state index in [4.69, 9.17) is 10.5 Å². The third-order valence-corrected chi connectivity index (χ3v) is 2.28. The van der Waals surface area contributed by atoms with Crippen molar-refractivity contribution in [2.75, 3.05) is 18.8 Å². The van der Waals surface area contributed by atoms with Crippen LogP contribution in [0.1, 0.15) is 31.1 Å². The fourth-order valence-corrected chi connectivity index (χ4v) is 1.45. The van der Waals surface area contributed by atoms with Crippen LogP contribution in [-0.4, -0.2) is 30.7 Å². The van der Waals surface area contributed by atoms with Crippen LogP contribution in [0.2, 0.25) is 0 Å². The zero-order valence-corrected chi connectivity index (χ0v) is 12.0. The smallest absolute Gasteiger partial charge is 0.407 e. The molecule has 0 aliphatic rings. The SMILES string of the molecule is CC(C)(C)OC(=O)NCCNC(=O)c1ccccc1N. The maximum absolute atomic E-state index is 11.8. The van der Waals surface area contributed by atoms with E-state index < -0.39 is 11.7 Å². The van der Waals surface area contributed by atoms with Crippen molar-refractivity contribution in [2.45, 2.75) is 26.4 Å². The Morgan fingerprint density at radius 2 is 1.75 bits per heavy atom. The summed E-state index contributed by atoms with van der Waals surface area (Å²) in [6.45, 7) is 5.94. The van der Waals surface area contributed by atoms with Crippen LogP contribution in [0.15, 0.2) is 24.3 Å². The van der Waals surface area contributed by atoms with Crippen molar-refractivity contribution in [3.63, 3.8) is 0 Å². The molecule has 0 heterocycles. The number of carbonyl (C=O) groups excluding carboxylic acids is 2. The monoisotopic (exact) mass is 279 g/mol. The molecule has 0 aliphatic carbocycles. The van der Waals surface area contributed by atoms with Crippen molar-refractivity contribution in [1.29, 1.82) is 0 Å². The maximum Gasteiger partial charge on any atom is 0.407 e. The normalized spacial score (nSPS) is 10.8. The Bertz CT molecular complexity index is 481. The van der Waals surface area contributed by atoms with E-state index in [1.54, 1.807) is 45.0 Å². The molecule has 1 rings (SSSR count). The van der Waals surface area contributed by atoms with Gasteiger partial charge in [-0.05, 0) is 32.9 Å². The molecular weight excluding hydrogens is 258 g/mol. The third-order valence-electron chi connectivity index (χ3n) is 2.28. The highest BCUT2D eigenvalue weighted by Gasteiger charge is 2.15. The van der Waals surface area contributed by atoms with Gasteiger partial charge in [-0.25, -0.2) is 4.79 Å². The van der Waals surface area contributed by atoms with Gasteiger partial charge in [-0.15, -0.1) is 0 Å². The second-order valence-electron chi connectivity index (χ2n) is 5.27. The molecule has 1 aromatic rings. The van der Waals surface area contributed by atoms with E-state index in [1.165, 1.54) is 0 Å². The van der Waals surface area contributed by atoms with Crippen LogP contribution < -0.4 is 16.4 Å². The molecule has 0 bridgehead atoms. The van der Waals surface area contributed by atoms with Gasteiger partial charge in [0.2, 0.25) is 0 Å². The predicted octanol–water partition coefficient (Wildman–Crippen LogP) is 1.52. The van der Waals surface area contributed by atoms with Crippen LogP contribution in [0.25, 0.3) is 0 Å². The van der Waals surface area contributed by atoms with Crippen LogP contribution in [0, 0.1) is 0 Å². The van der Waals surface area contributed by atoms with Gasteiger partial charge in [0.1, 0.15) is 5.60 Å². The van der Waals surface area contributed by atoms with E-state index >= 15 is 0 Å². The quantitative estimate of drug-likeness (QED) is 0.575. The van der Waals surface area contributed by atoms with Crippen molar-refractivity contribution in [1.82, 2.24) is 10.6 Å². The molecule has 0 saturated heterocycles.